The van der Waals surface area contributed by atoms with E-state index >= 15 is 0 Å². The SMILES string of the molecule is COc1cccc2nc(C3CCCN3)c(C)n12. The Morgan fingerprint density at radius 3 is 3.06 bits per heavy atom. The van der Waals surface area contributed by atoms with Crippen molar-refractivity contribution in [3.8, 4) is 5.88 Å². The largest absolute Gasteiger partial charge is 0.482 e. The summed E-state index contributed by atoms with van der Waals surface area (Å²) >= 11 is 0. The van der Waals surface area contributed by atoms with Crippen LogP contribution in [0.15, 0.2) is 18.2 Å². The zero-order chi connectivity index (χ0) is 11.8. The van der Waals surface area contributed by atoms with Crippen LogP contribution in [0.4, 0.5) is 0 Å². The van der Waals surface area contributed by atoms with E-state index in [1.54, 1.807) is 7.11 Å². The van der Waals surface area contributed by atoms with Crippen molar-refractivity contribution < 1.29 is 4.74 Å². The van der Waals surface area contributed by atoms with E-state index in [2.05, 4.69) is 16.6 Å². The van der Waals surface area contributed by atoms with E-state index in [-0.39, 0.29) is 0 Å². The highest BCUT2D eigenvalue weighted by Gasteiger charge is 2.22. The fourth-order valence-electron chi connectivity index (χ4n) is 2.63. The third-order valence-electron chi connectivity index (χ3n) is 3.47. The number of aryl methyl sites for hydroxylation is 1. The van der Waals surface area contributed by atoms with Crippen LogP contribution in [0, 0.1) is 6.92 Å². The van der Waals surface area contributed by atoms with Gasteiger partial charge in [0.1, 0.15) is 5.65 Å². The Morgan fingerprint density at radius 2 is 2.35 bits per heavy atom. The maximum atomic E-state index is 5.39. The fourth-order valence-corrected chi connectivity index (χ4v) is 2.63. The molecule has 2 aromatic heterocycles. The normalized spacial score (nSPS) is 20.0. The molecule has 0 aromatic carbocycles. The quantitative estimate of drug-likeness (QED) is 0.860. The van der Waals surface area contributed by atoms with Gasteiger partial charge in [-0.05, 0) is 38.4 Å². The van der Waals surface area contributed by atoms with Crippen molar-refractivity contribution in [2.75, 3.05) is 13.7 Å². The summed E-state index contributed by atoms with van der Waals surface area (Å²) in [7, 11) is 1.70. The lowest BCUT2D eigenvalue weighted by Crippen LogP contribution is -2.14. The Labute approximate surface area is 101 Å². The molecular weight excluding hydrogens is 214 g/mol. The molecule has 1 fully saturated rings. The molecule has 0 amide bonds. The molecule has 4 nitrogen and oxygen atoms in total. The van der Waals surface area contributed by atoms with E-state index in [9.17, 15) is 0 Å². The van der Waals surface area contributed by atoms with E-state index in [0.717, 1.165) is 23.8 Å². The van der Waals surface area contributed by atoms with Gasteiger partial charge in [0.05, 0.1) is 18.8 Å². The molecule has 1 unspecified atom stereocenters. The fraction of sp³-hybridized carbons (Fsp3) is 0.462. The number of nitrogens with zero attached hydrogens (tertiary/aromatic N) is 2. The summed E-state index contributed by atoms with van der Waals surface area (Å²) in [5.74, 6) is 0.844. The molecule has 3 heterocycles. The Kier molecular flexibility index (Phi) is 2.52. The molecule has 1 aliphatic rings. The molecule has 0 saturated carbocycles. The molecule has 0 bridgehead atoms. The summed E-state index contributed by atoms with van der Waals surface area (Å²) in [6.45, 7) is 3.20. The van der Waals surface area contributed by atoms with Crippen LogP contribution in [0.25, 0.3) is 5.65 Å². The third-order valence-corrected chi connectivity index (χ3v) is 3.47. The average molecular weight is 231 g/mol. The van der Waals surface area contributed by atoms with Crippen LogP contribution < -0.4 is 10.1 Å². The summed E-state index contributed by atoms with van der Waals surface area (Å²) < 4.78 is 7.47. The van der Waals surface area contributed by atoms with Crippen molar-refractivity contribution in [3.63, 3.8) is 0 Å². The highest BCUT2D eigenvalue weighted by Crippen LogP contribution is 2.28. The monoisotopic (exact) mass is 231 g/mol. The third kappa shape index (κ3) is 1.60. The number of ether oxygens (including phenoxy) is 1. The predicted octanol–water partition coefficient (Wildman–Crippen LogP) is 2.08. The first-order valence-electron chi connectivity index (χ1n) is 6.06. The molecule has 90 valence electrons. The molecule has 0 radical (unpaired) electrons. The van der Waals surface area contributed by atoms with Crippen LogP contribution >= 0.6 is 0 Å². The highest BCUT2D eigenvalue weighted by atomic mass is 16.5. The second kappa shape index (κ2) is 4.04. The van der Waals surface area contributed by atoms with Gasteiger partial charge < -0.3 is 10.1 Å². The van der Waals surface area contributed by atoms with Gasteiger partial charge in [0.2, 0.25) is 0 Å². The summed E-state index contributed by atoms with van der Waals surface area (Å²) in [4.78, 5) is 4.72. The molecule has 1 aliphatic heterocycles. The maximum absolute atomic E-state index is 5.39. The Morgan fingerprint density at radius 1 is 1.47 bits per heavy atom. The van der Waals surface area contributed by atoms with Crippen LogP contribution in [0.3, 0.4) is 0 Å². The molecule has 1 saturated heterocycles. The number of aromatic nitrogens is 2. The maximum Gasteiger partial charge on any atom is 0.199 e. The van der Waals surface area contributed by atoms with E-state index in [1.165, 1.54) is 18.5 Å². The van der Waals surface area contributed by atoms with Crippen molar-refractivity contribution >= 4 is 5.65 Å². The summed E-state index contributed by atoms with van der Waals surface area (Å²) in [6.07, 6.45) is 2.40. The zero-order valence-corrected chi connectivity index (χ0v) is 10.2. The van der Waals surface area contributed by atoms with Crippen molar-refractivity contribution in [2.45, 2.75) is 25.8 Å². The lowest BCUT2D eigenvalue weighted by atomic mass is 10.1. The van der Waals surface area contributed by atoms with Gasteiger partial charge in [0.15, 0.2) is 5.88 Å². The second-order valence-corrected chi connectivity index (χ2v) is 4.49. The van der Waals surface area contributed by atoms with Crippen LogP contribution in [0.2, 0.25) is 0 Å². The summed E-state index contributed by atoms with van der Waals surface area (Å²) in [5.41, 5.74) is 3.30. The molecule has 1 atom stereocenters. The predicted molar refractivity (Wildman–Crippen MR) is 66.5 cm³/mol. The summed E-state index contributed by atoms with van der Waals surface area (Å²) in [5, 5.41) is 3.50. The van der Waals surface area contributed by atoms with Gasteiger partial charge in [-0.1, -0.05) is 6.07 Å². The molecule has 3 rings (SSSR count). The van der Waals surface area contributed by atoms with Gasteiger partial charge in [0, 0.05) is 5.69 Å². The van der Waals surface area contributed by atoms with Crippen LogP contribution in [-0.4, -0.2) is 23.0 Å². The number of hydrogen-bond acceptors (Lipinski definition) is 3. The van der Waals surface area contributed by atoms with E-state index < -0.39 is 0 Å². The Balaban J connectivity index is 2.17. The van der Waals surface area contributed by atoms with Gasteiger partial charge in [0.25, 0.3) is 0 Å². The lowest BCUT2D eigenvalue weighted by molar-refractivity contribution is 0.391. The van der Waals surface area contributed by atoms with Gasteiger partial charge in [-0.25, -0.2) is 4.98 Å². The standard InChI is InChI=1S/C13H17N3O/c1-9-13(10-5-4-8-14-10)15-11-6-3-7-12(17-2)16(9)11/h3,6-7,10,14H,4-5,8H2,1-2H3. The molecule has 1 N–H and O–H groups in total. The van der Waals surface area contributed by atoms with E-state index in [1.807, 2.05) is 18.2 Å². The minimum Gasteiger partial charge on any atom is -0.482 e. The number of methoxy groups -OCH3 is 1. The minimum absolute atomic E-state index is 0.402. The molecule has 17 heavy (non-hydrogen) atoms. The molecule has 2 aromatic rings. The van der Waals surface area contributed by atoms with E-state index in [4.69, 9.17) is 9.72 Å². The van der Waals surface area contributed by atoms with Gasteiger partial charge in [-0.3, -0.25) is 4.40 Å². The van der Waals surface area contributed by atoms with Crippen LogP contribution in [0.1, 0.15) is 30.3 Å². The highest BCUT2D eigenvalue weighted by molar-refractivity contribution is 5.47. The van der Waals surface area contributed by atoms with E-state index in [0.29, 0.717) is 6.04 Å². The minimum atomic E-state index is 0.402. The van der Waals surface area contributed by atoms with Gasteiger partial charge >= 0.3 is 0 Å². The van der Waals surface area contributed by atoms with Crippen molar-refractivity contribution in [3.05, 3.63) is 29.6 Å². The average Bonchev–Trinajstić information content (AvgIpc) is 2.97. The smallest absolute Gasteiger partial charge is 0.199 e. The number of imidazole rings is 1. The number of hydrogen-bond donors (Lipinski definition) is 1. The van der Waals surface area contributed by atoms with Gasteiger partial charge in [-0.2, -0.15) is 0 Å². The number of fused-ring (bicyclic) bond motifs is 1. The molecular formula is C13H17N3O. The molecule has 0 spiro atoms. The first-order chi connectivity index (χ1) is 8.31. The number of rotatable bonds is 2. The first kappa shape index (κ1) is 10.6. The van der Waals surface area contributed by atoms with Crippen molar-refractivity contribution in [1.29, 1.82) is 0 Å². The molecule has 4 heteroatoms. The number of pyridine rings is 1. The lowest BCUT2D eigenvalue weighted by Gasteiger charge is -2.08. The first-order valence-corrected chi connectivity index (χ1v) is 6.06. The second-order valence-electron chi connectivity index (χ2n) is 4.49. The summed E-state index contributed by atoms with van der Waals surface area (Å²) in [6, 6.07) is 6.37. The topological polar surface area (TPSA) is 38.6 Å². The van der Waals surface area contributed by atoms with Crippen molar-refractivity contribution in [1.82, 2.24) is 14.7 Å². The Hall–Kier alpha value is -1.55. The van der Waals surface area contributed by atoms with Crippen LogP contribution in [-0.2, 0) is 0 Å². The van der Waals surface area contributed by atoms with Crippen molar-refractivity contribution in [2.24, 2.45) is 0 Å². The zero-order valence-electron chi connectivity index (χ0n) is 10.2. The Bertz CT molecular complexity index is 541. The van der Waals surface area contributed by atoms with Gasteiger partial charge in [-0.15, -0.1) is 0 Å². The number of nitrogens with one attached hydrogen (secondary N) is 1. The molecule has 0 aliphatic carbocycles. The van der Waals surface area contributed by atoms with Crippen LogP contribution in [0.5, 0.6) is 5.88 Å².